The van der Waals surface area contributed by atoms with Crippen LogP contribution in [0, 0.1) is 5.82 Å². The molecule has 9 nitrogen and oxygen atoms in total. The van der Waals surface area contributed by atoms with Gasteiger partial charge in [0, 0.05) is 31.2 Å². The van der Waals surface area contributed by atoms with Crippen LogP contribution in [0.15, 0.2) is 52.4 Å². The van der Waals surface area contributed by atoms with Gasteiger partial charge in [0.05, 0.1) is 28.8 Å². The predicted octanol–water partition coefficient (Wildman–Crippen LogP) is 4.40. The number of hydrogen-bond donors (Lipinski definition) is 1. The first kappa shape index (κ1) is 28.0. The van der Waals surface area contributed by atoms with Gasteiger partial charge in [-0.05, 0) is 55.3 Å². The van der Waals surface area contributed by atoms with Crippen LogP contribution >= 0.6 is 23.4 Å². The average Bonchev–Trinajstić information content (AvgIpc) is 3.55. The molecule has 208 valence electrons. The Hall–Kier alpha value is -2.51. The molecule has 0 bridgehead atoms. The Kier molecular flexibility index (Phi) is 8.57. The first-order valence-corrected chi connectivity index (χ1v) is 15.4. The maximum Gasteiger partial charge on any atom is 0.243 e. The van der Waals surface area contributed by atoms with Gasteiger partial charge < -0.3 is 10.1 Å². The molecule has 5 rings (SSSR count). The van der Waals surface area contributed by atoms with Crippen molar-refractivity contribution in [2.75, 3.05) is 31.6 Å². The van der Waals surface area contributed by atoms with Crippen molar-refractivity contribution < 1.29 is 27.1 Å². The Morgan fingerprint density at radius 2 is 1.82 bits per heavy atom. The Bertz CT molecular complexity index is 1380. The zero-order valence-corrected chi connectivity index (χ0v) is 23.4. The van der Waals surface area contributed by atoms with E-state index in [9.17, 15) is 22.4 Å². The molecule has 0 unspecified atom stereocenters. The molecular formula is C26H28ClFN4O5S2. The number of amides is 2. The van der Waals surface area contributed by atoms with Crippen LogP contribution in [-0.2, 0) is 24.3 Å². The minimum absolute atomic E-state index is 0.0482. The Balaban J connectivity index is 1.40. The van der Waals surface area contributed by atoms with E-state index < -0.39 is 21.1 Å². The number of anilines is 1. The van der Waals surface area contributed by atoms with E-state index in [-0.39, 0.29) is 53.0 Å². The summed E-state index contributed by atoms with van der Waals surface area (Å²) in [6, 6.07) is 9.71. The smallest absolute Gasteiger partial charge is 0.243 e. The monoisotopic (exact) mass is 594 g/mol. The molecule has 2 aromatic carbocycles. The summed E-state index contributed by atoms with van der Waals surface area (Å²) < 4.78 is 46.2. The van der Waals surface area contributed by atoms with E-state index in [0.29, 0.717) is 24.1 Å². The highest BCUT2D eigenvalue weighted by atomic mass is 35.5. The number of ether oxygens (including phenoxy) is 1. The summed E-state index contributed by atoms with van der Waals surface area (Å²) >= 11 is 7.61. The van der Waals surface area contributed by atoms with Gasteiger partial charge in [-0.1, -0.05) is 36.2 Å². The fourth-order valence-corrected chi connectivity index (χ4v) is 7.68. The summed E-state index contributed by atoms with van der Waals surface area (Å²) in [7, 11) is -3.77. The standard InChI is InChI=1S/C26H28ClFN4O5S2/c27-21-10-9-20(39(35,36)31-11-13-37-14-12-31)15-22(21)30-26-32(19-3-1-2-4-19)25(34)23(38-26)16-24(33)29-18-7-5-17(28)6-8-18/h5-10,15,19,23H,1-4,11-14,16H2,(H,29,33)/t23-/m1/s1. The molecule has 2 saturated heterocycles. The molecule has 0 spiro atoms. The van der Waals surface area contributed by atoms with Crippen molar-refractivity contribution >= 4 is 61.7 Å². The highest BCUT2D eigenvalue weighted by molar-refractivity contribution is 8.15. The molecule has 1 atom stereocenters. The zero-order chi connectivity index (χ0) is 27.6. The van der Waals surface area contributed by atoms with Gasteiger partial charge in [0.15, 0.2) is 5.17 Å². The first-order chi connectivity index (χ1) is 18.7. The van der Waals surface area contributed by atoms with Crippen molar-refractivity contribution in [1.29, 1.82) is 0 Å². The van der Waals surface area contributed by atoms with Crippen LogP contribution in [0.1, 0.15) is 32.1 Å². The second kappa shape index (κ2) is 11.9. The van der Waals surface area contributed by atoms with Gasteiger partial charge in [0.2, 0.25) is 21.8 Å². The van der Waals surface area contributed by atoms with Gasteiger partial charge in [-0.15, -0.1) is 0 Å². The largest absolute Gasteiger partial charge is 0.379 e. The number of nitrogens with zero attached hydrogens (tertiary/aromatic N) is 3. The molecule has 3 fully saturated rings. The lowest BCUT2D eigenvalue weighted by Crippen LogP contribution is -2.40. The number of nitrogens with one attached hydrogen (secondary N) is 1. The molecule has 39 heavy (non-hydrogen) atoms. The Labute approximate surface area is 235 Å². The van der Waals surface area contributed by atoms with E-state index in [4.69, 9.17) is 16.3 Å². The molecule has 0 radical (unpaired) electrons. The normalized spacial score (nSPS) is 22.1. The molecule has 2 aliphatic heterocycles. The van der Waals surface area contributed by atoms with E-state index in [0.717, 1.165) is 25.7 Å². The minimum Gasteiger partial charge on any atom is -0.379 e. The third-order valence-electron chi connectivity index (χ3n) is 6.90. The van der Waals surface area contributed by atoms with Crippen molar-refractivity contribution in [3.63, 3.8) is 0 Å². The van der Waals surface area contributed by atoms with Gasteiger partial charge >= 0.3 is 0 Å². The summed E-state index contributed by atoms with van der Waals surface area (Å²) in [6.45, 7) is 1.17. The van der Waals surface area contributed by atoms with Crippen molar-refractivity contribution in [2.45, 2.75) is 48.3 Å². The van der Waals surface area contributed by atoms with E-state index >= 15 is 0 Å². The highest BCUT2D eigenvalue weighted by Crippen LogP contribution is 2.39. The molecule has 1 N–H and O–H groups in total. The summed E-state index contributed by atoms with van der Waals surface area (Å²) in [6.07, 6.45) is 3.51. The van der Waals surface area contributed by atoms with Gasteiger partial charge in [0.25, 0.3) is 0 Å². The predicted molar refractivity (Wildman–Crippen MR) is 148 cm³/mol. The van der Waals surface area contributed by atoms with Gasteiger partial charge in [0.1, 0.15) is 11.1 Å². The van der Waals surface area contributed by atoms with E-state index in [1.54, 1.807) is 4.90 Å². The van der Waals surface area contributed by atoms with Gasteiger partial charge in [-0.3, -0.25) is 14.5 Å². The molecule has 1 saturated carbocycles. The number of morpholine rings is 1. The lowest BCUT2D eigenvalue weighted by molar-refractivity contribution is -0.129. The van der Waals surface area contributed by atoms with Crippen molar-refractivity contribution in [3.05, 3.63) is 53.3 Å². The van der Waals surface area contributed by atoms with E-state index in [1.807, 2.05) is 0 Å². The summed E-state index contributed by atoms with van der Waals surface area (Å²) in [5.41, 5.74) is 0.671. The molecule has 2 amide bonds. The van der Waals surface area contributed by atoms with E-state index in [2.05, 4.69) is 10.3 Å². The highest BCUT2D eigenvalue weighted by Gasteiger charge is 2.43. The lowest BCUT2D eigenvalue weighted by Gasteiger charge is -2.26. The maximum atomic E-state index is 13.5. The second-order valence-corrected chi connectivity index (χ2v) is 13.1. The van der Waals surface area contributed by atoms with Crippen LogP contribution in [0.2, 0.25) is 5.02 Å². The van der Waals surface area contributed by atoms with E-state index in [1.165, 1.54) is 58.5 Å². The molecule has 0 aromatic heterocycles. The number of benzene rings is 2. The van der Waals surface area contributed by atoms with Crippen LogP contribution in [0.4, 0.5) is 15.8 Å². The Morgan fingerprint density at radius 1 is 1.13 bits per heavy atom. The summed E-state index contributed by atoms with van der Waals surface area (Å²) in [5.74, 6) is -1.01. The van der Waals surface area contributed by atoms with Crippen molar-refractivity contribution in [2.24, 2.45) is 4.99 Å². The number of halogens is 2. The SMILES string of the molecule is O=C(C[C@H]1SC(=Nc2cc(S(=O)(=O)N3CCOCC3)ccc2Cl)N(C2CCCC2)C1=O)Nc1ccc(F)cc1. The maximum absolute atomic E-state index is 13.5. The third-order valence-corrected chi connectivity index (χ3v) is 10.3. The summed E-state index contributed by atoms with van der Waals surface area (Å²) in [4.78, 5) is 32.6. The van der Waals surface area contributed by atoms with Crippen LogP contribution < -0.4 is 5.32 Å². The van der Waals surface area contributed by atoms with Crippen LogP contribution in [-0.4, -0.2) is 72.2 Å². The van der Waals surface area contributed by atoms with Crippen LogP contribution in [0.3, 0.4) is 0 Å². The quantitative estimate of drug-likeness (QED) is 0.509. The van der Waals surface area contributed by atoms with Crippen molar-refractivity contribution in [3.8, 4) is 0 Å². The van der Waals surface area contributed by atoms with Gasteiger partial charge in [-0.2, -0.15) is 4.31 Å². The number of hydrogen-bond acceptors (Lipinski definition) is 7. The fraction of sp³-hybridized carbons (Fsp3) is 0.423. The first-order valence-electron chi connectivity index (χ1n) is 12.7. The fourth-order valence-electron chi connectivity index (χ4n) is 4.88. The Morgan fingerprint density at radius 3 is 2.51 bits per heavy atom. The molecule has 2 aromatic rings. The molecule has 1 aliphatic carbocycles. The van der Waals surface area contributed by atoms with Crippen LogP contribution in [0.25, 0.3) is 0 Å². The average molecular weight is 595 g/mol. The topological polar surface area (TPSA) is 108 Å². The number of carbonyl (C=O) groups excluding carboxylic acids is 2. The van der Waals surface area contributed by atoms with Gasteiger partial charge in [-0.25, -0.2) is 17.8 Å². The molecule has 13 heteroatoms. The number of aliphatic imine (C=N–C) groups is 1. The summed E-state index contributed by atoms with van der Waals surface area (Å²) in [5, 5.41) is 2.64. The zero-order valence-electron chi connectivity index (χ0n) is 21.0. The number of sulfonamides is 1. The second-order valence-electron chi connectivity index (χ2n) is 9.54. The van der Waals surface area contributed by atoms with Crippen LogP contribution in [0.5, 0.6) is 0 Å². The number of rotatable bonds is 7. The number of amidine groups is 1. The molecule has 3 aliphatic rings. The lowest BCUT2D eigenvalue weighted by atomic mass is 10.2. The third kappa shape index (κ3) is 6.30. The van der Waals surface area contributed by atoms with Crippen molar-refractivity contribution in [1.82, 2.24) is 9.21 Å². The molecule has 2 heterocycles. The minimum atomic E-state index is -3.77. The molecular weight excluding hydrogens is 567 g/mol. The number of carbonyl (C=O) groups is 2. The number of thioether (sulfide) groups is 1.